The van der Waals surface area contributed by atoms with Crippen LogP contribution in [0.5, 0.6) is 0 Å². The van der Waals surface area contributed by atoms with E-state index in [1.165, 1.54) is 0 Å². The number of nitrogens with zero attached hydrogens (tertiary/aromatic N) is 1. The second-order valence-corrected chi connectivity index (χ2v) is 6.16. The van der Waals surface area contributed by atoms with Gasteiger partial charge in [-0.25, -0.2) is 0 Å². The number of rotatable bonds is 4. The zero-order valence-corrected chi connectivity index (χ0v) is 13.5. The summed E-state index contributed by atoms with van der Waals surface area (Å²) in [4.78, 5) is 25.9. The minimum absolute atomic E-state index is 0.00363. The molecule has 2 amide bonds. The summed E-state index contributed by atoms with van der Waals surface area (Å²) < 4.78 is 5.45. The van der Waals surface area contributed by atoms with E-state index in [1.807, 2.05) is 20.8 Å². The van der Waals surface area contributed by atoms with Crippen LogP contribution >= 0.6 is 0 Å². The lowest BCUT2D eigenvalue weighted by Gasteiger charge is -2.31. The molecule has 2 rings (SSSR count). The molecule has 22 heavy (non-hydrogen) atoms. The average Bonchev–Trinajstić information content (AvgIpc) is 2.46. The van der Waals surface area contributed by atoms with Crippen LogP contribution < -0.4 is 5.32 Å². The van der Waals surface area contributed by atoms with E-state index in [1.54, 1.807) is 29.2 Å². The maximum atomic E-state index is 12.4. The van der Waals surface area contributed by atoms with Gasteiger partial charge in [-0.3, -0.25) is 9.59 Å². The van der Waals surface area contributed by atoms with Gasteiger partial charge in [0.2, 0.25) is 5.91 Å². The maximum absolute atomic E-state index is 12.4. The molecule has 5 heteroatoms. The Balaban J connectivity index is 1.96. The van der Waals surface area contributed by atoms with Crippen molar-refractivity contribution < 1.29 is 14.3 Å². The first-order chi connectivity index (χ1) is 10.5. The van der Waals surface area contributed by atoms with Crippen molar-refractivity contribution in [1.82, 2.24) is 4.90 Å². The molecule has 0 radical (unpaired) electrons. The Kier molecular flexibility index (Phi) is 5.55. The first-order valence-electron chi connectivity index (χ1n) is 7.76. The largest absolute Gasteiger partial charge is 0.375 e. The molecule has 1 heterocycles. The average molecular weight is 304 g/mol. The van der Waals surface area contributed by atoms with Crippen LogP contribution in [0.15, 0.2) is 24.3 Å². The highest BCUT2D eigenvalue weighted by molar-refractivity contribution is 5.96. The molecule has 0 aromatic heterocycles. The zero-order chi connectivity index (χ0) is 16.1. The summed E-state index contributed by atoms with van der Waals surface area (Å²) in [5.41, 5.74) is 1.36. The van der Waals surface area contributed by atoms with Gasteiger partial charge in [0, 0.05) is 30.8 Å². The number of morpholine rings is 1. The van der Waals surface area contributed by atoms with E-state index in [0.29, 0.717) is 37.6 Å². The van der Waals surface area contributed by atoms with Gasteiger partial charge in [-0.05, 0) is 37.1 Å². The fraction of sp³-hybridized carbons (Fsp3) is 0.529. The summed E-state index contributed by atoms with van der Waals surface area (Å²) in [6.45, 7) is 7.79. The molecule has 1 unspecified atom stereocenters. The Hall–Kier alpha value is -1.88. The topological polar surface area (TPSA) is 58.6 Å². The number of anilines is 1. The van der Waals surface area contributed by atoms with Crippen molar-refractivity contribution >= 4 is 17.5 Å². The zero-order valence-electron chi connectivity index (χ0n) is 13.5. The van der Waals surface area contributed by atoms with Gasteiger partial charge in [0.15, 0.2) is 0 Å². The molecule has 1 aromatic carbocycles. The van der Waals surface area contributed by atoms with Crippen LogP contribution in [0, 0.1) is 5.92 Å². The Morgan fingerprint density at radius 2 is 2.00 bits per heavy atom. The molecule has 120 valence electrons. The van der Waals surface area contributed by atoms with Crippen molar-refractivity contribution in [1.29, 1.82) is 0 Å². The minimum atomic E-state index is -0.00363. The van der Waals surface area contributed by atoms with Crippen molar-refractivity contribution in [2.75, 3.05) is 25.0 Å². The van der Waals surface area contributed by atoms with Crippen molar-refractivity contribution in [3.63, 3.8) is 0 Å². The van der Waals surface area contributed by atoms with E-state index in [2.05, 4.69) is 5.32 Å². The number of hydrogen-bond acceptors (Lipinski definition) is 3. The standard InChI is InChI=1S/C17H24N2O3/c1-12(2)10-16(20)18-15-6-4-14(5-7-15)17(21)19-8-9-22-13(3)11-19/h4-7,12-13H,8-11H2,1-3H3,(H,18,20). The molecule has 1 atom stereocenters. The van der Waals surface area contributed by atoms with Gasteiger partial charge < -0.3 is 15.0 Å². The summed E-state index contributed by atoms with van der Waals surface area (Å²) in [5, 5.41) is 2.84. The predicted molar refractivity (Wildman–Crippen MR) is 85.8 cm³/mol. The first kappa shape index (κ1) is 16.5. The van der Waals surface area contributed by atoms with E-state index in [0.717, 1.165) is 5.69 Å². The molecule has 0 bridgehead atoms. The number of carbonyl (C=O) groups is 2. The third-order valence-electron chi connectivity index (χ3n) is 3.54. The Labute approximate surface area is 131 Å². The second kappa shape index (κ2) is 7.40. The Bertz CT molecular complexity index is 525. The van der Waals surface area contributed by atoms with Crippen LogP contribution in [-0.2, 0) is 9.53 Å². The highest BCUT2D eigenvalue weighted by Gasteiger charge is 2.22. The summed E-state index contributed by atoms with van der Waals surface area (Å²) in [6.07, 6.45) is 0.569. The minimum Gasteiger partial charge on any atom is -0.375 e. The molecular formula is C17H24N2O3. The van der Waals surface area contributed by atoms with Gasteiger partial charge >= 0.3 is 0 Å². The molecule has 1 aliphatic rings. The summed E-state index contributed by atoms with van der Waals surface area (Å²) >= 11 is 0. The number of nitrogens with one attached hydrogen (secondary N) is 1. The number of ether oxygens (including phenoxy) is 1. The lowest BCUT2D eigenvalue weighted by molar-refractivity contribution is -0.116. The summed E-state index contributed by atoms with van der Waals surface area (Å²) in [5.74, 6) is 0.329. The quantitative estimate of drug-likeness (QED) is 0.930. The Morgan fingerprint density at radius 1 is 1.32 bits per heavy atom. The van der Waals surface area contributed by atoms with E-state index in [-0.39, 0.29) is 17.9 Å². The summed E-state index contributed by atoms with van der Waals surface area (Å²) in [7, 11) is 0. The molecule has 1 N–H and O–H groups in total. The lowest BCUT2D eigenvalue weighted by atomic mass is 10.1. The molecule has 0 saturated carbocycles. The number of hydrogen-bond donors (Lipinski definition) is 1. The molecule has 1 fully saturated rings. The van der Waals surface area contributed by atoms with Crippen LogP contribution in [0.4, 0.5) is 5.69 Å². The van der Waals surface area contributed by atoms with Crippen LogP contribution in [0.25, 0.3) is 0 Å². The monoisotopic (exact) mass is 304 g/mol. The van der Waals surface area contributed by atoms with Crippen molar-refractivity contribution in [2.45, 2.75) is 33.3 Å². The van der Waals surface area contributed by atoms with Gasteiger partial charge in [-0.1, -0.05) is 13.8 Å². The highest BCUT2D eigenvalue weighted by Crippen LogP contribution is 2.14. The molecule has 1 aliphatic heterocycles. The number of benzene rings is 1. The van der Waals surface area contributed by atoms with Crippen molar-refractivity contribution in [3.8, 4) is 0 Å². The fourth-order valence-electron chi connectivity index (χ4n) is 2.46. The third-order valence-corrected chi connectivity index (χ3v) is 3.54. The van der Waals surface area contributed by atoms with E-state index in [9.17, 15) is 9.59 Å². The highest BCUT2D eigenvalue weighted by atomic mass is 16.5. The molecule has 1 saturated heterocycles. The van der Waals surface area contributed by atoms with Crippen LogP contribution in [0.1, 0.15) is 37.6 Å². The second-order valence-electron chi connectivity index (χ2n) is 6.16. The Morgan fingerprint density at radius 3 is 2.59 bits per heavy atom. The van der Waals surface area contributed by atoms with Crippen LogP contribution in [-0.4, -0.2) is 42.5 Å². The van der Waals surface area contributed by atoms with Crippen molar-refractivity contribution in [2.24, 2.45) is 5.92 Å². The van der Waals surface area contributed by atoms with Gasteiger partial charge in [0.25, 0.3) is 5.91 Å². The smallest absolute Gasteiger partial charge is 0.254 e. The van der Waals surface area contributed by atoms with E-state index in [4.69, 9.17) is 4.74 Å². The molecule has 1 aromatic rings. The lowest BCUT2D eigenvalue weighted by Crippen LogP contribution is -2.44. The van der Waals surface area contributed by atoms with Crippen molar-refractivity contribution in [3.05, 3.63) is 29.8 Å². The fourth-order valence-corrected chi connectivity index (χ4v) is 2.46. The molecule has 5 nitrogen and oxygen atoms in total. The number of amides is 2. The molecular weight excluding hydrogens is 280 g/mol. The molecule has 0 spiro atoms. The predicted octanol–water partition coefficient (Wildman–Crippen LogP) is 2.53. The number of carbonyl (C=O) groups excluding carboxylic acids is 2. The normalized spacial score (nSPS) is 18.4. The van der Waals surface area contributed by atoms with Crippen LogP contribution in [0.3, 0.4) is 0 Å². The van der Waals surface area contributed by atoms with Gasteiger partial charge in [0.05, 0.1) is 12.7 Å². The first-order valence-corrected chi connectivity index (χ1v) is 7.76. The van der Waals surface area contributed by atoms with Gasteiger partial charge in [-0.15, -0.1) is 0 Å². The molecule has 0 aliphatic carbocycles. The van der Waals surface area contributed by atoms with Gasteiger partial charge in [0.1, 0.15) is 0 Å². The van der Waals surface area contributed by atoms with Gasteiger partial charge in [-0.2, -0.15) is 0 Å². The third kappa shape index (κ3) is 4.56. The SMILES string of the molecule is CC(C)CC(=O)Nc1ccc(C(=O)N2CCOC(C)C2)cc1. The maximum Gasteiger partial charge on any atom is 0.254 e. The summed E-state index contributed by atoms with van der Waals surface area (Å²) in [6, 6.07) is 7.06. The van der Waals surface area contributed by atoms with Crippen LogP contribution in [0.2, 0.25) is 0 Å². The van der Waals surface area contributed by atoms with E-state index >= 15 is 0 Å². The van der Waals surface area contributed by atoms with E-state index < -0.39 is 0 Å².